The Hall–Kier alpha value is -1.99. The largest absolute Gasteiger partial charge is 0.494 e. The minimum atomic E-state index is -0.300. The molecule has 0 bridgehead atoms. The van der Waals surface area contributed by atoms with Crippen molar-refractivity contribution in [3.8, 4) is 5.75 Å². The number of amides is 1. The summed E-state index contributed by atoms with van der Waals surface area (Å²) < 4.78 is 5.25. The maximum atomic E-state index is 11.4. The van der Waals surface area contributed by atoms with Gasteiger partial charge in [0.05, 0.1) is 18.5 Å². The molecule has 0 aliphatic carbocycles. The molecule has 0 saturated heterocycles. The summed E-state index contributed by atoms with van der Waals surface area (Å²) in [5.74, 6) is 0.0759. The van der Waals surface area contributed by atoms with Crippen LogP contribution in [0.2, 0.25) is 0 Å². The molecular formula is C13H13ClN4O2S. The smallest absolute Gasteiger partial charge is 0.239 e. The minimum absolute atomic E-state index is 0.117. The fourth-order valence-electron chi connectivity index (χ4n) is 1.60. The summed E-state index contributed by atoms with van der Waals surface area (Å²) in [5.41, 5.74) is 2.04. The molecule has 1 aromatic heterocycles. The van der Waals surface area contributed by atoms with E-state index >= 15 is 0 Å². The van der Waals surface area contributed by atoms with E-state index in [9.17, 15) is 4.79 Å². The molecule has 0 radical (unpaired) electrons. The van der Waals surface area contributed by atoms with Gasteiger partial charge >= 0.3 is 0 Å². The number of ether oxygens (including phenoxy) is 1. The third-order valence-corrected chi connectivity index (χ3v) is 3.47. The number of hydrogen-bond donors (Lipinski definition) is 1. The van der Waals surface area contributed by atoms with Crippen LogP contribution in [0.5, 0.6) is 5.75 Å². The van der Waals surface area contributed by atoms with Crippen LogP contribution in [-0.2, 0) is 4.79 Å². The molecule has 2 aromatic rings. The van der Waals surface area contributed by atoms with E-state index in [4.69, 9.17) is 16.3 Å². The molecule has 8 heteroatoms. The quantitative estimate of drug-likeness (QED) is 0.665. The molecule has 0 aliphatic rings. The Kier molecular flexibility index (Phi) is 5.24. The summed E-state index contributed by atoms with van der Waals surface area (Å²) in [7, 11) is 1.52. The zero-order valence-electron chi connectivity index (χ0n) is 11.5. The number of aromatic nitrogens is 1. The van der Waals surface area contributed by atoms with Crippen LogP contribution in [-0.4, -0.2) is 23.9 Å². The number of benzene rings is 1. The topological polar surface area (TPSA) is 75.9 Å². The molecule has 1 amide bonds. The Morgan fingerprint density at radius 2 is 2.29 bits per heavy atom. The van der Waals surface area contributed by atoms with Gasteiger partial charge in [0.2, 0.25) is 11.0 Å². The Morgan fingerprint density at radius 3 is 2.90 bits per heavy atom. The highest BCUT2D eigenvalue weighted by Gasteiger charge is 2.10. The lowest BCUT2D eigenvalue weighted by Crippen LogP contribution is -2.13. The standard InChI is InChI=1S/C13H13ClN4O2S/c1-8-5-10(16-12(19)7-14)11(20-2)6-9(8)17-18-13-15-3-4-21-13/h3-6H,7H2,1-2H3,(H,16,19). The van der Waals surface area contributed by atoms with E-state index < -0.39 is 0 Å². The van der Waals surface area contributed by atoms with Crippen molar-refractivity contribution in [2.24, 2.45) is 10.2 Å². The summed E-state index contributed by atoms with van der Waals surface area (Å²) in [6, 6.07) is 3.47. The molecule has 0 fully saturated rings. The van der Waals surface area contributed by atoms with E-state index in [0.717, 1.165) is 5.56 Å². The van der Waals surface area contributed by atoms with E-state index in [1.165, 1.54) is 18.4 Å². The third kappa shape index (κ3) is 3.99. The predicted octanol–water partition coefficient (Wildman–Crippen LogP) is 4.05. The van der Waals surface area contributed by atoms with Gasteiger partial charge < -0.3 is 10.1 Å². The molecule has 2 rings (SSSR count). The van der Waals surface area contributed by atoms with E-state index in [1.54, 1.807) is 18.3 Å². The van der Waals surface area contributed by atoms with Gasteiger partial charge in [-0.2, -0.15) is 0 Å². The Labute approximate surface area is 130 Å². The Morgan fingerprint density at radius 1 is 1.48 bits per heavy atom. The van der Waals surface area contributed by atoms with Crippen molar-refractivity contribution >= 4 is 45.4 Å². The van der Waals surface area contributed by atoms with Crippen LogP contribution in [0.15, 0.2) is 33.9 Å². The third-order valence-electron chi connectivity index (χ3n) is 2.58. The van der Waals surface area contributed by atoms with Gasteiger partial charge in [0.25, 0.3) is 0 Å². The number of anilines is 1. The number of nitrogens with one attached hydrogen (secondary N) is 1. The van der Waals surface area contributed by atoms with Crippen LogP contribution >= 0.6 is 22.9 Å². The molecule has 0 saturated carbocycles. The van der Waals surface area contributed by atoms with E-state index in [1.807, 2.05) is 12.3 Å². The molecular weight excluding hydrogens is 312 g/mol. The highest BCUT2D eigenvalue weighted by atomic mass is 35.5. The lowest BCUT2D eigenvalue weighted by molar-refractivity contribution is -0.113. The number of carbonyl (C=O) groups excluding carboxylic acids is 1. The zero-order valence-corrected chi connectivity index (χ0v) is 13.0. The van der Waals surface area contributed by atoms with Gasteiger partial charge in [-0.05, 0) is 18.6 Å². The maximum Gasteiger partial charge on any atom is 0.239 e. The second-order valence-electron chi connectivity index (χ2n) is 4.04. The van der Waals surface area contributed by atoms with E-state index in [2.05, 4.69) is 20.5 Å². The zero-order chi connectivity index (χ0) is 15.2. The molecule has 0 atom stereocenters. The van der Waals surface area contributed by atoms with Crippen LogP contribution in [0.25, 0.3) is 0 Å². The van der Waals surface area contributed by atoms with Crippen molar-refractivity contribution < 1.29 is 9.53 Å². The van der Waals surface area contributed by atoms with Crippen LogP contribution in [0.3, 0.4) is 0 Å². The van der Waals surface area contributed by atoms with Crippen molar-refractivity contribution in [2.75, 3.05) is 18.3 Å². The van der Waals surface area contributed by atoms with Crippen molar-refractivity contribution in [1.82, 2.24) is 4.98 Å². The van der Waals surface area contributed by atoms with Gasteiger partial charge in [0.15, 0.2) is 0 Å². The number of nitrogens with zero attached hydrogens (tertiary/aromatic N) is 3. The fourth-order valence-corrected chi connectivity index (χ4v) is 2.12. The Bertz CT molecular complexity index is 658. The lowest BCUT2D eigenvalue weighted by Gasteiger charge is -2.11. The second kappa shape index (κ2) is 7.14. The van der Waals surface area contributed by atoms with Crippen LogP contribution in [0.1, 0.15) is 5.56 Å². The van der Waals surface area contributed by atoms with Gasteiger partial charge in [0, 0.05) is 17.6 Å². The summed E-state index contributed by atoms with van der Waals surface area (Å²) in [6.45, 7) is 1.87. The normalized spacial score (nSPS) is 10.8. The number of alkyl halides is 1. The van der Waals surface area contributed by atoms with Crippen molar-refractivity contribution in [1.29, 1.82) is 0 Å². The van der Waals surface area contributed by atoms with Gasteiger partial charge in [-0.15, -0.1) is 33.2 Å². The van der Waals surface area contributed by atoms with Gasteiger partial charge in [0.1, 0.15) is 11.6 Å². The first kappa shape index (κ1) is 15.4. The summed E-state index contributed by atoms with van der Waals surface area (Å²) in [5, 5.41) is 13.3. The fraction of sp³-hybridized carbons (Fsp3) is 0.231. The maximum absolute atomic E-state index is 11.4. The monoisotopic (exact) mass is 324 g/mol. The summed E-state index contributed by atoms with van der Waals surface area (Å²) >= 11 is 6.88. The molecule has 0 spiro atoms. The molecule has 6 nitrogen and oxygen atoms in total. The molecule has 0 aliphatic heterocycles. The van der Waals surface area contributed by atoms with Crippen molar-refractivity contribution in [2.45, 2.75) is 6.92 Å². The molecule has 1 heterocycles. The van der Waals surface area contributed by atoms with Crippen LogP contribution in [0.4, 0.5) is 16.5 Å². The average molecular weight is 325 g/mol. The number of methoxy groups -OCH3 is 1. The number of carbonyl (C=O) groups is 1. The molecule has 1 aromatic carbocycles. The first-order chi connectivity index (χ1) is 10.1. The Balaban J connectivity index is 2.29. The second-order valence-corrected chi connectivity index (χ2v) is 5.18. The number of halogens is 1. The van der Waals surface area contributed by atoms with Crippen molar-refractivity contribution in [3.05, 3.63) is 29.3 Å². The number of hydrogen-bond acceptors (Lipinski definition) is 6. The van der Waals surface area contributed by atoms with E-state index in [0.29, 0.717) is 22.3 Å². The molecule has 21 heavy (non-hydrogen) atoms. The number of aryl methyl sites for hydroxylation is 1. The molecule has 110 valence electrons. The molecule has 1 N–H and O–H groups in total. The average Bonchev–Trinajstić information content (AvgIpc) is 2.99. The van der Waals surface area contributed by atoms with Crippen molar-refractivity contribution in [3.63, 3.8) is 0 Å². The highest BCUT2D eigenvalue weighted by molar-refractivity contribution is 7.13. The van der Waals surface area contributed by atoms with Crippen LogP contribution < -0.4 is 10.1 Å². The lowest BCUT2D eigenvalue weighted by atomic mass is 10.1. The number of rotatable bonds is 5. The first-order valence-electron chi connectivity index (χ1n) is 5.99. The SMILES string of the molecule is COc1cc(N=Nc2nccs2)c(C)cc1NC(=O)CCl. The minimum Gasteiger partial charge on any atom is -0.494 e. The summed E-state index contributed by atoms with van der Waals surface area (Å²) in [6.07, 6.45) is 1.66. The highest BCUT2D eigenvalue weighted by Crippen LogP contribution is 2.33. The van der Waals surface area contributed by atoms with Gasteiger partial charge in [-0.25, -0.2) is 4.98 Å². The van der Waals surface area contributed by atoms with Crippen LogP contribution in [0, 0.1) is 6.92 Å². The first-order valence-corrected chi connectivity index (χ1v) is 7.41. The predicted molar refractivity (Wildman–Crippen MR) is 83.4 cm³/mol. The van der Waals surface area contributed by atoms with Gasteiger partial charge in [-0.1, -0.05) is 0 Å². The number of thiazole rings is 1. The number of azo groups is 1. The summed E-state index contributed by atoms with van der Waals surface area (Å²) in [4.78, 5) is 15.4. The van der Waals surface area contributed by atoms with Gasteiger partial charge in [-0.3, -0.25) is 4.79 Å². The van der Waals surface area contributed by atoms with E-state index in [-0.39, 0.29) is 11.8 Å². The molecule has 0 unspecified atom stereocenters.